The minimum atomic E-state index is -1.57. The van der Waals surface area contributed by atoms with Gasteiger partial charge in [0.05, 0.1) is 19.3 Å². The van der Waals surface area contributed by atoms with Crippen LogP contribution in [-0.4, -0.2) is 160 Å². The fourth-order valence-corrected chi connectivity index (χ4v) is 8.42. The first-order valence-corrected chi connectivity index (χ1v) is 24.1. The number of phenols is 1. The van der Waals surface area contributed by atoms with Gasteiger partial charge in [-0.15, -0.1) is 0 Å². The smallest absolute Gasteiger partial charge is 0.326 e. The Morgan fingerprint density at radius 2 is 1.59 bits per heavy atom. The number of H-pyrrole nitrogens is 1. The van der Waals surface area contributed by atoms with Gasteiger partial charge in [-0.25, -0.2) is 9.78 Å². The maximum Gasteiger partial charge on any atom is 0.326 e. The molecule has 73 heavy (non-hydrogen) atoms. The van der Waals surface area contributed by atoms with E-state index < -0.39 is 102 Å². The molecule has 0 spiro atoms. The summed E-state index contributed by atoms with van der Waals surface area (Å²) in [5.41, 5.74) is 12.5. The number of carboxylic acids is 1. The number of guanidine groups is 1. The van der Waals surface area contributed by atoms with Crippen molar-refractivity contribution >= 4 is 59.2 Å². The van der Waals surface area contributed by atoms with Crippen molar-refractivity contribution in [2.24, 2.45) is 16.5 Å². The number of carbonyl (C=O) groups is 9. The molecular weight excluding hydrogens is 949 g/mol. The number of phenolic OH excluding ortho intramolecular Hbond substituents is 1. The number of carboxylic acid groups (broad SMARTS) is 1. The number of nitrogens with one attached hydrogen (secondary N) is 9. The minimum absolute atomic E-state index is 0.000409. The summed E-state index contributed by atoms with van der Waals surface area (Å²) in [6, 6.07) is 5.31. The number of aromatic amines is 1. The van der Waals surface area contributed by atoms with Gasteiger partial charge in [0.15, 0.2) is 5.96 Å². The molecule has 2 fully saturated rings. The predicted octanol–water partition coefficient (Wildman–Crippen LogP) is -2.91. The minimum Gasteiger partial charge on any atom is -0.508 e. The van der Waals surface area contributed by atoms with Crippen molar-refractivity contribution in [1.82, 2.24) is 57.4 Å². The molecule has 394 valence electrons. The Morgan fingerprint density at radius 3 is 2.27 bits per heavy atom. The lowest BCUT2D eigenvalue weighted by Gasteiger charge is -2.31. The van der Waals surface area contributed by atoms with Gasteiger partial charge in [0.1, 0.15) is 48.0 Å². The number of aliphatic imine (C=N–C) groups is 1. The van der Waals surface area contributed by atoms with Gasteiger partial charge in [-0.2, -0.15) is 0 Å². The highest BCUT2D eigenvalue weighted by atomic mass is 16.4. The number of imidazole rings is 1. The molecule has 5 rings (SSSR count). The lowest BCUT2D eigenvalue weighted by atomic mass is 10.0. The van der Waals surface area contributed by atoms with E-state index in [0.717, 1.165) is 0 Å². The van der Waals surface area contributed by atoms with Crippen LogP contribution in [0.4, 0.5) is 0 Å². The number of rotatable bonds is 21. The molecule has 1 aromatic heterocycles. The van der Waals surface area contributed by atoms with Crippen LogP contribution in [0.2, 0.25) is 0 Å². The normalized spacial score (nSPS) is 19.8. The van der Waals surface area contributed by atoms with Crippen LogP contribution in [0.1, 0.15) is 68.2 Å². The number of hydrogen-bond acceptors (Lipinski definition) is 13. The third kappa shape index (κ3) is 17.9. The third-order valence-electron chi connectivity index (χ3n) is 12.2. The largest absolute Gasteiger partial charge is 0.508 e. The van der Waals surface area contributed by atoms with E-state index in [-0.39, 0.29) is 89.3 Å². The highest BCUT2D eigenvalue weighted by Crippen LogP contribution is 2.21. The molecule has 0 bridgehead atoms. The zero-order valence-electron chi connectivity index (χ0n) is 40.6. The van der Waals surface area contributed by atoms with E-state index in [1.54, 1.807) is 30.3 Å². The number of nitrogens with two attached hydrogens (primary N) is 2. The topological polar surface area (TPSA) is 387 Å². The van der Waals surface area contributed by atoms with E-state index in [1.165, 1.54) is 48.7 Å². The van der Waals surface area contributed by atoms with Gasteiger partial charge in [-0.1, -0.05) is 42.5 Å². The summed E-state index contributed by atoms with van der Waals surface area (Å²) in [6.07, 6.45) is 3.47. The van der Waals surface area contributed by atoms with Crippen LogP contribution >= 0.6 is 0 Å². The highest BCUT2D eigenvalue weighted by Gasteiger charge is 2.40. The van der Waals surface area contributed by atoms with E-state index in [9.17, 15) is 53.4 Å². The van der Waals surface area contributed by atoms with Crippen LogP contribution in [0.3, 0.4) is 0 Å². The van der Waals surface area contributed by atoms with Crippen LogP contribution in [0.5, 0.6) is 5.75 Å². The van der Waals surface area contributed by atoms with Gasteiger partial charge in [0.2, 0.25) is 47.3 Å². The number of likely N-dealkylation sites (tertiary alicyclic amines) is 1. The summed E-state index contributed by atoms with van der Waals surface area (Å²) >= 11 is 0. The van der Waals surface area contributed by atoms with Gasteiger partial charge in [-0.3, -0.25) is 43.3 Å². The lowest BCUT2D eigenvalue weighted by molar-refractivity contribution is -0.145. The van der Waals surface area contributed by atoms with E-state index in [2.05, 4.69) is 57.5 Å². The first-order chi connectivity index (χ1) is 35.0. The number of likely N-dealkylation sites (N-methyl/N-ethyl adjacent to an activating group) is 1. The summed E-state index contributed by atoms with van der Waals surface area (Å²) < 4.78 is 0. The van der Waals surface area contributed by atoms with Gasteiger partial charge >= 0.3 is 5.97 Å². The second-order valence-corrected chi connectivity index (χ2v) is 17.8. The van der Waals surface area contributed by atoms with Crippen LogP contribution in [0.15, 0.2) is 72.1 Å². The fourth-order valence-electron chi connectivity index (χ4n) is 8.42. The molecule has 2 aromatic carbocycles. The zero-order chi connectivity index (χ0) is 52.9. The number of benzene rings is 2. The van der Waals surface area contributed by atoms with Crippen molar-refractivity contribution in [2.75, 3.05) is 33.2 Å². The van der Waals surface area contributed by atoms with Crippen LogP contribution in [0.25, 0.3) is 0 Å². The average molecular weight is 1020 g/mol. The second kappa shape index (κ2) is 28.1. The summed E-state index contributed by atoms with van der Waals surface area (Å²) in [4.78, 5) is 136. The summed E-state index contributed by atoms with van der Waals surface area (Å²) in [5.74, 6) is -7.39. The third-order valence-corrected chi connectivity index (χ3v) is 12.2. The molecule has 0 radical (unpaired) electrons. The van der Waals surface area contributed by atoms with E-state index >= 15 is 0 Å². The van der Waals surface area contributed by atoms with Crippen molar-refractivity contribution in [2.45, 2.75) is 113 Å². The zero-order valence-corrected chi connectivity index (χ0v) is 40.6. The predicted molar refractivity (Wildman–Crippen MR) is 264 cm³/mol. The molecule has 15 N–H and O–H groups in total. The number of amides is 8. The number of aromatic nitrogens is 2. The molecule has 0 unspecified atom stereocenters. The van der Waals surface area contributed by atoms with E-state index in [4.69, 9.17) is 11.5 Å². The molecule has 25 heteroatoms. The summed E-state index contributed by atoms with van der Waals surface area (Å²) in [6.45, 7) is 0.189. The van der Waals surface area contributed by atoms with Crippen LogP contribution in [-0.2, 0) is 62.4 Å². The Morgan fingerprint density at radius 1 is 0.849 bits per heavy atom. The number of carbonyl (C=O) groups excluding carboxylic acids is 8. The molecule has 0 aliphatic carbocycles. The molecule has 2 aliphatic rings. The standard InChI is InChI=1S/C48H66N14O11/c1-51-26-40(65)56-32(12-7-19-54-48(49)50)41(66)59-35-24-39(64)53-18-6-5-11-33(57-43(68)34(58-44(35)69)21-29-14-16-31(63)17-15-29)42(67)60-36(23-30-25-52-27-55-30)46(71)62-20-8-13-38(62)45(70)61-37(47(72)73)22-28-9-3-2-4-10-28/h2-4,9-10,14-17,25,27,32-38,51,63H,5-8,11-13,18-24,26H2,1H3,(H,52,55)(H,53,64)(H,56,65)(H,57,68)(H,58,69)(H,59,66)(H,60,67)(H,61,70)(H,72,73)(H4,49,50,54)/t32-,33-,34-,35-,36-,37+,38-/m0/s1. The molecule has 3 heterocycles. The van der Waals surface area contributed by atoms with Crippen molar-refractivity contribution in [3.8, 4) is 5.75 Å². The Bertz CT molecular complexity index is 2400. The van der Waals surface area contributed by atoms with E-state index in [0.29, 0.717) is 29.7 Å². The van der Waals surface area contributed by atoms with Gasteiger partial charge in [0.25, 0.3) is 0 Å². The lowest BCUT2D eigenvalue weighted by Crippen LogP contribution is -2.61. The number of aliphatic carboxylic acids is 1. The SMILES string of the molecule is CNCC(=O)N[C@@H](CCCN=C(N)N)C(=O)N[C@H]1CC(=O)NCCCC[C@@H](C(=O)N[C@@H](Cc2cnc[nH]2)C(=O)N2CCC[C@H]2C(=O)N[C@H](Cc2ccccc2)C(=O)O)NC(=O)[C@H](Cc2ccc(O)cc2)NC1=O. The Balaban J connectivity index is 1.38. The Hall–Kier alpha value is -8.09. The van der Waals surface area contributed by atoms with Gasteiger partial charge < -0.3 is 74.1 Å². The molecule has 8 amide bonds. The van der Waals surface area contributed by atoms with Gasteiger partial charge in [-0.05, 0) is 75.3 Å². The van der Waals surface area contributed by atoms with Crippen LogP contribution < -0.4 is 54.0 Å². The summed E-state index contributed by atoms with van der Waals surface area (Å²) in [5, 5.41) is 41.3. The number of hydrogen-bond donors (Lipinski definition) is 13. The van der Waals surface area contributed by atoms with Crippen molar-refractivity contribution < 1.29 is 53.4 Å². The highest BCUT2D eigenvalue weighted by molar-refractivity contribution is 5.99. The summed E-state index contributed by atoms with van der Waals surface area (Å²) in [7, 11) is 1.54. The first-order valence-electron chi connectivity index (χ1n) is 24.1. The average Bonchev–Trinajstić information content (AvgIpc) is 4.07. The molecule has 2 aliphatic heterocycles. The first kappa shape index (κ1) is 55.8. The Labute approximate surface area is 421 Å². The van der Waals surface area contributed by atoms with Crippen molar-refractivity contribution in [3.63, 3.8) is 0 Å². The van der Waals surface area contributed by atoms with Gasteiger partial charge in [0, 0.05) is 50.8 Å². The van der Waals surface area contributed by atoms with Crippen molar-refractivity contribution in [1.29, 1.82) is 0 Å². The van der Waals surface area contributed by atoms with E-state index in [1.807, 2.05) is 0 Å². The molecular formula is C48H66N14O11. The molecule has 3 aromatic rings. The molecule has 7 atom stereocenters. The monoisotopic (exact) mass is 1010 g/mol. The second-order valence-electron chi connectivity index (χ2n) is 17.8. The molecule has 2 saturated heterocycles. The van der Waals surface area contributed by atoms with Crippen LogP contribution in [0, 0.1) is 0 Å². The molecule has 0 saturated carbocycles. The number of nitrogens with zero attached hydrogens (tertiary/aromatic N) is 3. The fraction of sp³-hybridized carbons (Fsp3) is 0.479. The quantitative estimate of drug-likeness (QED) is 0.0289. The Kier molecular flexibility index (Phi) is 21.5. The maximum atomic E-state index is 14.5. The maximum absolute atomic E-state index is 14.5. The molecule has 25 nitrogen and oxygen atoms in total. The number of aromatic hydroxyl groups is 1. The van der Waals surface area contributed by atoms with Crippen molar-refractivity contribution in [3.05, 3.63) is 83.9 Å².